The third-order valence-electron chi connectivity index (χ3n) is 7.44. The monoisotopic (exact) mass is 476 g/mol. The van der Waals surface area contributed by atoms with Crippen LogP contribution in [0.2, 0.25) is 0 Å². The first-order valence-corrected chi connectivity index (χ1v) is 12.4. The number of fused-ring (bicyclic) bond motifs is 3. The SMILES string of the molecule is C=C1/C(=C/c2ccc3c(c2)OCO3)CC2=CC(C)=C(C(=O)OCC)C(c3cccc4ccccc34)C12. The van der Waals surface area contributed by atoms with Crippen LogP contribution in [0.15, 0.2) is 101 Å². The first-order valence-electron chi connectivity index (χ1n) is 12.4. The second-order valence-electron chi connectivity index (χ2n) is 9.54. The van der Waals surface area contributed by atoms with E-state index in [2.05, 4.69) is 55.1 Å². The molecule has 0 bridgehead atoms. The molecule has 0 N–H and O–H groups in total. The summed E-state index contributed by atoms with van der Waals surface area (Å²) in [4.78, 5) is 13.3. The summed E-state index contributed by atoms with van der Waals surface area (Å²) in [5.74, 6) is 1.13. The number of ether oxygens (including phenoxy) is 3. The lowest BCUT2D eigenvalue weighted by atomic mass is 9.70. The number of carbonyl (C=O) groups excluding carboxylic acids is 1. The maximum Gasteiger partial charge on any atom is 0.334 e. The highest BCUT2D eigenvalue weighted by atomic mass is 16.7. The second kappa shape index (κ2) is 8.87. The van der Waals surface area contributed by atoms with E-state index in [4.69, 9.17) is 14.2 Å². The fourth-order valence-electron chi connectivity index (χ4n) is 5.89. The van der Waals surface area contributed by atoms with Crippen molar-refractivity contribution in [3.8, 4) is 11.5 Å². The molecule has 2 unspecified atom stereocenters. The zero-order valence-electron chi connectivity index (χ0n) is 20.5. The van der Waals surface area contributed by atoms with Crippen LogP contribution >= 0.6 is 0 Å². The van der Waals surface area contributed by atoms with Gasteiger partial charge >= 0.3 is 5.97 Å². The molecule has 0 amide bonds. The quantitative estimate of drug-likeness (QED) is 0.376. The number of allylic oxidation sites excluding steroid dienone is 5. The van der Waals surface area contributed by atoms with E-state index in [0.29, 0.717) is 6.61 Å². The molecular weight excluding hydrogens is 448 g/mol. The molecule has 4 heteroatoms. The van der Waals surface area contributed by atoms with Gasteiger partial charge in [0.2, 0.25) is 6.79 Å². The largest absolute Gasteiger partial charge is 0.463 e. The zero-order chi connectivity index (χ0) is 24.8. The zero-order valence-corrected chi connectivity index (χ0v) is 20.5. The summed E-state index contributed by atoms with van der Waals surface area (Å²) >= 11 is 0. The van der Waals surface area contributed by atoms with Crippen LogP contribution in [-0.2, 0) is 9.53 Å². The molecule has 36 heavy (non-hydrogen) atoms. The molecule has 1 heterocycles. The highest BCUT2D eigenvalue weighted by Gasteiger charge is 2.43. The third kappa shape index (κ3) is 3.65. The molecule has 2 aliphatic carbocycles. The molecule has 0 radical (unpaired) electrons. The predicted molar refractivity (Wildman–Crippen MR) is 142 cm³/mol. The fraction of sp³-hybridized carbons (Fsp3) is 0.219. The van der Waals surface area contributed by atoms with Crippen LogP contribution in [0.4, 0.5) is 0 Å². The van der Waals surface area contributed by atoms with Gasteiger partial charge in [-0.2, -0.15) is 0 Å². The molecule has 4 nitrogen and oxygen atoms in total. The molecule has 0 aromatic heterocycles. The van der Waals surface area contributed by atoms with E-state index >= 15 is 0 Å². The van der Waals surface area contributed by atoms with Crippen LogP contribution in [0.1, 0.15) is 37.3 Å². The van der Waals surface area contributed by atoms with Crippen LogP contribution in [0.3, 0.4) is 0 Å². The van der Waals surface area contributed by atoms with Crippen molar-refractivity contribution in [3.05, 3.63) is 112 Å². The minimum Gasteiger partial charge on any atom is -0.463 e. The minimum absolute atomic E-state index is 0.000766. The maximum absolute atomic E-state index is 13.3. The van der Waals surface area contributed by atoms with Gasteiger partial charge in [-0.05, 0) is 71.0 Å². The van der Waals surface area contributed by atoms with Crippen molar-refractivity contribution in [2.75, 3.05) is 13.4 Å². The van der Waals surface area contributed by atoms with Crippen molar-refractivity contribution in [3.63, 3.8) is 0 Å². The van der Waals surface area contributed by atoms with Gasteiger partial charge in [0, 0.05) is 17.4 Å². The van der Waals surface area contributed by atoms with E-state index in [0.717, 1.165) is 56.5 Å². The predicted octanol–water partition coefficient (Wildman–Crippen LogP) is 7.13. The maximum atomic E-state index is 13.3. The van der Waals surface area contributed by atoms with E-state index < -0.39 is 0 Å². The Morgan fingerprint density at radius 3 is 2.72 bits per heavy atom. The van der Waals surface area contributed by atoms with Crippen LogP contribution in [0.25, 0.3) is 16.8 Å². The Balaban J connectivity index is 1.47. The topological polar surface area (TPSA) is 44.8 Å². The van der Waals surface area contributed by atoms with E-state index in [-0.39, 0.29) is 24.6 Å². The van der Waals surface area contributed by atoms with Gasteiger partial charge in [-0.3, -0.25) is 0 Å². The Kier molecular flexibility index (Phi) is 5.52. The molecule has 180 valence electrons. The Morgan fingerprint density at radius 1 is 1.06 bits per heavy atom. The van der Waals surface area contributed by atoms with Crippen molar-refractivity contribution in [1.82, 2.24) is 0 Å². The van der Waals surface area contributed by atoms with Crippen molar-refractivity contribution in [2.45, 2.75) is 26.2 Å². The molecule has 6 rings (SSSR count). The molecule has 1 fully saturated rings. The summed E-state index contributed by atoms with van der Waals surface area (Å²) in [6.07, 6.45) is 5.15. The normalized spacial score (nSPS) is 21.7. The van der Waals surface area contributed by atoms with Gasteiger partial charge in [0.15, 0.2) is 11.5 Å². The average Bonchev–Trinajstić information content (AvgIpc) is 3.47. The van der Waals surface area contributed by atoms with Crippen molar-refractivity contribution in [1.29, 1.82) is 0 Å². The van der Waals surface area contributed by atoms with Crippen LogP contribution < -0.4 is 9.47 Å². The van der Waals surface area contributed by atoms with Gasteiger partial charge in [0.05, 0.1) is 6.61 Å². The average molecular weight is 477 g/mol. The van der Waals surface area contributed by atoms with Gasteiger partial charge < -0.3 is 14.2 Å². The minimum atomic E-state index is -0.246. The van der Waals surface area contributed by atoms with Gasteiger partial charge in [-0.25, -0.2) is 4.79 Å². The van der Waals surface area contributed by atoms with Gasteiger partial charge in [-0.1, -0.05) is 72.8 Å². The Hall–Kier alpha value is -4.05. The third-order valence-corrected chi connectivity index (χ3v) is 7.44. The molecule has 0 saturated heterocycles. The molecule has 0 spiro atoms. The van der Waals surface area contributed by atoms with Gasteiger partial charge in [0.1, 0.15) is 0 Å². The second-order valence-corrected chi connectivity index (χ2v) is 9.54. The van der Waals surface area contributed by atoms with Crippen LogP contribution in [0.5, 0.6) is 11.5 Å². The Labute approximate surface area is 211 Å². The number of hydrogen-bond acceptors (Lipinski definition) is 4. The summed E-state index contributed by atoms with van der Waals surface area (Å²) in [5, 5.41) is 2.31. The van der Waals surface area contributed by atoms with Crippen LogP contribution in [0, 0.1) is 5.92 Å². The standard InChI is InChI=1S/C32H28O4/c1-4-34-32(33)29-19(2)14-24-17-23(15-21-12-13-27-28(16-21)36-18-35-27)20(3)30(24)31(29)26-11-7-9-22-8-5-6-10-25(22)26/h5-16,30-31H,3-4,17-18H2,1-2H3/b23-15+. The lowest BCUT2D eigenvalue weighted by molar-refractivity contribution is -0.139. The smallest absolute Gasteiger partial charge is 0.334 e. The first-order chi connectivity index (χ1) is 17.5. The molecule has 1 aliphatic heterocycles. The fourth-order valence-corrected chi connectivity index (χ4v) is 5.89. The highest BCUT2D eigenvalue weighted by Crippen LogP contribution is 2.54. The summed E-state index contributed by atoms with van der Waals surface area (Å²) in [6, 6.07) is 20.7. The first kappa shape index (κ1) is 22.4. The highest BCUT2D eigenvalue weighted by molar-refractivity contribution is 5.96. The van der Waals surface area contributed by atoms with Crippen molar-refractivity contribution < 1.29 is 19.0 Å². The molecule has 3 aromatic rings. The van der Waals surface area contributed by atoms with E-state index in [1.165, 1.54) is 11.1 Å². The van der Waals surface area contributed by atoms with Crippen molar-refractivity contribution in [2.24, 2.45) is 5.92 Å². The van der Waals surface area contributed by atoms with E-state index in [9.17, 15) is 4.79 Å². The lowest BCUT2D eigenvalue weighted by Gasteiger charge is -2.33. The summed E-state index contributed by atoms with van der Waals surface area (Å²) in [6.45, 7) is 9.04. The molecule has 2 atom stereocenters. The molecule has 3 aromatic carbocycles. The summed E-state index contributed by atoms with van der Waals surface area (Å²) < 4.78 is 16.6. The van der Waals surface area contributed by atoms with E-state index in [1.807, 2.05) is 38.1 Å². The van der Waals surface area contributed by atoms with E-state index in [1.54, 1.807) is 0 Å². The Morgan fingerprint density at radius 2 is 1.86 bits per heavy atom. The van der Waals surface area contributed by atoms with Crippen molar-refractivity contribution >= 4 is 22.8 Å². The Bertz CT molecular complexity index is 1500. The van der Waals surface area contributed by atoms with Crippen LogP contribution in [-0.4, -0.2) is 19.4 Å². The summed E-state index contributed by atoms with van der Waals surface area (Å²) in [5.41, 5.74) is 7.39. The number of benzene rings is 3. The lowest BCUT2D eigenvalue weighted by Crippen LogP contribution is -2.26. The van der Waals surface area contributed by atoms with Gasteiger partial charge in [0.25, 0.3) is 0 Å². The number of rotatable bonds is 4. The number of esters is 1. The van der Waals surface area contributed by atoms with Gasteiger partial charge in [-0.15, -0.1) is 0 Å². The molecular formula is C32H28O4. The number of hydrogen-bond donors (Lipinski definition) is 0. The molecule has 3 aliphatic rings. The summed E-state index contributed by atoms with van der Waals surface area (Å²) in [7, 11) is 0. The molecule has 1 saturated carbocycles. The number of carbonyl (C=O) groups is 1.